The van der Waals surface area contributed by atoms with Gasteiger partial charge in [0.2, 0.25) is 0 Å². The number of thioether (sulfide) groups is 1. The molecular formula is C20H25ClN4O2S. The fourth-order valence-corrected chi connectivity index (χ4v) is 3.98. The Morgan fingerprint density at radius 1 is 1.29 bits per heavy atom. The average Bonchev–Trinajstić information content (AvgIpc) is 2.71. The van der Waals surface area contributed by atoms with E-state index in [-0.39, 0.29) is 5.91 Å². The predicted molar refractivity (Wildman–Crippen MR) is 113 cm³/mol. The number of nitrogens with one attached hydrogen (secondary N) is 1. The lowest BCUT2D eigenvalue weighted by Crippen LogP contribution is -2.33. The molecular weight excluding hydrogens is 396 g/mol. The van der Waals surface area contributed by atoms with Crippen molar-refractivity contribution in [3.05, 3.63) is 46.6 Å². The highest BCUT2D eigenvalue weighted by Gasteiger charge is 2.18. The summed E-state index contributed by atoms with van der Waals surface area (Å²) in [5.74, 6) is 2.11. The number of rotatable bonds is 7. The first-order chi connectivity index (χ1) is 13.5. The number of benzene rings is 1. The van der Waals surface area contributed by atoms with Crippen molar-refractivity contribution < 1.29 is 9.63 Å². The number of hydroxylamine groups is 1. The van der Waals surface area contributed by atoms with Crippen LogP contribution in [0, 0.1) is 5.92 Å². The van der Waals surface area contributed by atoms with Crippen LogP contribution in [0.5, 0.6) is 0 Å². The molecule has 0 unspecified atom stereocenters. The number of piperidine rings is 1. The first kappa shape index (κ1) is 20.9. The van der Waals surface area contributed by atoms with E-state index in [4.69, 9.17) is 16.4 Å². The largest absolute Gasteiger partial charge is 0.356 e. The molecule has 1 N–H and O–H groups in total. The van der Waals surface area contributed by atoms with Crippen LogP contribution in [0.4, 0.5) is 5.82 Å². The Kier molecular flexibility index (Phi) is 7.53. The maximum absolute atomic E-state index is 11.9. The van der Waals surface area contributed by atoms with Crippen LogP contribution in [-0.4, -0.2) is 35.6 Å². The zero-order valence-corrected chi connectivity index (χ0v) is 17.7. The highest BCUT2D eigenvalue weighted by molar-refractivity contribution is 7.98. The Hall–Kier alpha value is -1.83. The van der Waals surface area contributed by atoms with E-state index < -0.39 is 0 Å². The number of hydrogen-bond acceptors (Lipinski definition) is 6. The number of carbonyl (C=O) groups is 1. The molecule has 1 saturated heterocycles. The summed E-state index contributed by atoms with van der Waals surface area (Å²) < 4.78 is 0. The second-order valence-electron chi connectivity index (χ2n) is 6.85. The van der Waals surface area contributed by atoms with E-state index in [1.54, 1.807) is 12.1 Å². The topological polar surface area (TPSA) is 67.3 Å². The third-order valence-electron chi connectivity index (χ3n) is 4.66. The van der Waals surface area contributed by atoms with Crippen LogP contribution in [0.2, 0.25) is 5.15 Å². The molecule has 0 aliphatic carbocycles. The van der Waals surface area contributed by atoms with Gasteiger partial charge in [0, 0.05) is 30.5 Å². The summed E-state index contributed by atoms with van der Waals surface area (Å²) >= 11 is 7.77. The summed E-state index contributed by atoms with van der Waals surface area (Å²) in [6, 6.07) is 9.25. The van der Waals surface area contributed by atoms with E-state index in [0.29, 0.717) is 28.2 Å². The van der Waals surface area contributed by atoms with Crippen molar-refractivity contribution >= 4 is 35.1 Å². The summed E-state index contributed by atoms with van der Waals surface area (Å²) in [7, 11) is 0. The molecule has 2 heterocycles. The molecule has 0 bridgehead atoms. The van der Waals surface area contributed by atoms with E-state index in [1.807, 2.05) is 25.1 Å². The van der Waals surface area contributed by atoms with Crippen LogP contribution in [0.3, 0.4) is 0 Å². The Bertz CT molecular complexity index is 795. The molecule has 1 aliphatic heterocycles. The standard InChI is InChI=1S/C20H25ClN4O2S/c1-3-27-24-19(26)16-6-4-15(5-7-16)13-28-20-22-17(21)12-18(23-20)25-10-8-14(2)9-11-25/h4-7,12,14H,3,8-11,13H2,1-2H3,(H,24,26). The monoisotopic (exact) mass is 420 g/mol. The minimum atomic E-state index is -0.250. The van der Waals surface area contributed by atoms with Crippen LogP contribution in [0.15, 0.2) is 35.5 Å². The quantitative estimate of drug-likeness (QED) is 0.311. The van der Waals surface area contributed by atoms with E-state index in [9.17, 15) is 4.79 Å². The van der Waals surface area contributed by atoms with E-state index in [1.165, 1.54) is 24.6 Å². The first-order valence-electron chi connectivity index (χ1n) is 9.48. The minimum Gasteiger partial charge on any atom is -0.356 e. The van der Waals surface area contributed by atoms with Crippen LogP contribution < -0.4 is 10.4 Å². The highest BCUT2D eigenvalue weighted by atomic mass is 35.5. The molecule has 0 spiro atoms. The zero-order chi connectivity index (χ0) is 19.9. The van der Waals surface area contributed by atoms with E-state index >= 15 is 0 Å². The van der Waals surface area contributed by atoms with Crippen molar-refractivity contribution in [2.45, 2.75) is 37.6 Å². The number of halogens is 1. The predicted octanol–water partition coefficient (Wildman–Crippen LogP) is 4.34. The molecule has 150 valence electrons. The van der Waals surface area contributed by atoms with Gasteiger partial charge in [0.05, 0.1) is 6.61 Å². The lowest BCUT2D eigenvalue weighted by Gasteiger charge is -2.31. The van der Waals surface area contributed by atoms with Gasteiger partial charge in [-0.15, -0.1) is 0 Å². The molecule has 1 amide bonds. The van der Waals surface area contributed by atoms with Gasteiger partial charge in [-0.3, -0.25) is 9.63 Å². The Balaban J connectivity index is 1.60. The van der Waals surface area contributed by atoms with Gasteiger partial charge < -0.3 is 4.90 Å². The maximum Gasteiger partial charge on any atom is 0.274 e. The van der Waals surface area contributed by atoms with Crippen molar-refractivity contribution in [2.24, 2.45) is 5.92 Å². The average molecular weight is 421 g/mol. The number of aromatic nitrogens is 2. The van der Waals surface area contributed by atoms with E-state index in [2.05, 4.69) is 27.3 Å². The zero-order valence-electron chi connectivity index (χ0n) is 16.2. The van der Waals surface area contributed by atoms with Gasteiger partial charge in [0.1, 0.15) is 11.0 Å². The molecule has 1 aromatic carbocycles. The molecule has 1 aromatic heterocycles. The summed E-state index contributed by atoms with van der Waals surface area (Å²) in [6.45, 7) is 6.54. The molecule has 0 radical (unpaired) electrons. The van der Waals surface area contributed by atoms with Crippen LogP contribution in [-0.2, 0) is 10.6 Å². The van der Waals surface area contributed by atoms with Crippen LogP contribution >= 0.6 is 23.4 Å². The molecule has 2 aromatic rings. The van der Waals surface area contributed by atoms with Crippen LogP contribution in [0.25, 0.3) is 0 Å². The van der Waals surface area contributed by atoms with Gasteiger partial charge in [-0.1, -0.05) is 42.4 Å². The summed E-state index contributed by atoms with van der Waals surface area (Å²) in [5.41, 5.74) is 4.03. The number of anilines is 1. The van der Waals surface area contributed by atoms with Gasteiger partial charge in [-0.05, 0) is 43.4 Å². The fourth-order valence-electron chi connectivity index (χ4n) is 2.95. The van der Waals surface area contributed by atoms with Crippen molar-refractivity contribution in [2.75, 3.05) is 24.6 Å². The second kappa shape index (κ2) is 10.1. The number of hydrogen-bond donors (Lipinski definition) is 1. The smallest absolute Gasteiger partial charge is 0.274 e. The highest BCUT2D eigenvalue weighted by Crippen LogP contribution is 2.27. The van der Waals surface area contributed by atoms with Gasteiger partial charge in [0.15, 0.2) is 5.16 Å². The normalized spacial score (nSPS) is 14.9. The second-order valence-corrected chi connectivity index (χ2v) is 8.18. The van der Waals surface area contributed by atoms with Gasteiger partial charge in [-0.25, -0.2) is 15.4 Å². The van der Waals surface area contributed by atoms with Gasteiger partial charge in [0.25, 0.3) is 5.91 Å². The number of carbonyl (C=O) groups excluding carboxylic acids is 1. The lowest BCUT2D eigenvalue weighted by molar-refractivity contribution is 0.0364. The SMILES string of the molecule is CCONC(=O)c1ccc(CSc2nc(Cl)cc(N3CCC(C)CC3)n2)cc1. The molecule has 3 rings (SSSR count). The molecule has 0 saturated carbocycles. The van der Waals surface area contributed by atoms with Crippen molar-refractivity contribution in [3.63, 3.8) is 0 Å². The van der Waals surface area contributed by atoms with Gasteiger partial charge in [-0.2, -0.15) is 0 Å². The summed E-state index contributed by atoms with van der Waals surface area (Å²) in [6.07, 6.45) is 2.35. The summed E-state index contributed by atoms with van der Waals surface area (Å²) in [5, 5.41) is 1.13. The summed E-state index contributed by atoms with van der Waals surface area (Å²) in [4.78, 5) is 28.1. The number of nitrogens with zero attached hydrogens (tertiary/aromatic N) is 3. The van der Waals surface area contributed by atoms with Crippen LogP contribution in [0.1, 0.15) is 42.6 Å². The Labute approximate surface area is 175 Å². The van der Waals surface area contributed by atoms with Gasteiger partial charge >= 0.3 is 0 Å². The first-order valence-corrected chi connectivity index (χ1v) is 10.8. The molecule has 28 heavy (non-hydrogen) atoms. The fraction of sp³-hybridized carbons (Fsp3) is 0.450. The number of amides is 1. The third kappa shape index (κ3) is 5.83. The minimum absolute atomic E-state index is 0.250. The van der Waals surface area contributed by atoms with Crippen molar-refractivity contribution in [1.82, 2.24) is 15.4 Å². The molecule has 0 atom stereocenters. The molecule has 1 fully saturated rings. The molecule has 6 nitrogen and oxygen atoms in total. The van der Waals surface area contributed by atoms with Crippen molar-refractivity contribution in [1.29, 1.82) is 0 Å². The molecule has 8 heteroatoms. The lowest BCUT2D eigenvalue weighted by atomic mass is 9.99. The van der Waals surface area contributed by atoms with E-state index in [0.717, 1.165) is 30.4 Å². The third-order valence-corrected chi connectivity index (χ3v) is 5.77. The van der Waals surface area contributed by atoms with Crippen molar-refractivity contribution in [3.8, 4) is 0 Å². The Morgan fingerprint density at radius 2 is 2.00 bits per heavy atom. The Morgan fingerprint density at radius 3 is 2.68 bits per heavy atom. The maximum atomic E-state index is 11.9. The molecule has 1 aliphatic rings.